The fraction of sp³-hybridized carbons (Fsp3) is 0.500. The number of alkyl halides is 1. The second-order valence-corrected chi connectivity index (χ2v) is 4.15. The molecule has 1 nitrogen and oxygen atoms in total. The van der Waals surface area contributed by atoms with Crippen molar-refractivity contribution in [1.82, 2.24) is 0 Å². The molecule has 0 N–H and O–H groups in total. The minimum absolute atomic E-state index is 0.546. The van der Waals surface area contributed by atoms with Crippen LogP contribution < -0.4 is 4.74 Å². The first kappa shape index (κ1) is 11.4. The molecule has 0 saturated carbocycles. The van der Waals surface area contributed by atoms with Gasteiger partial charge in [0.15, 0.2) is 0 Å². The maximum absolute atomic E-state index is 5.81. The van der Waals surface area contributed by atoms with E-state index in [9.17, 15) is 0 Å². The van der Waals surface area contributed by atoms with Crippen LogP contribution in [-0.2, 0) is 5.88 Å². The number of halogens is 1. The minimum atomic E-state index is 0.546. The van der Waals surface area contributed by atoms with Gasteiger partial charge in [-0.3, -0.25) is 0 Å². The summed E-state index contributed by atoms with van der Waals surface area (Å²) in [5.41, 5.74) is 2.30. The van der Waals surface area contributed by atoms with Gasteiger partial charge in [0.1, 0.15) is 5.75 Å². The molecule has 1 aromatic carbocycles. The van der Waals surface area contributed by atoms with Crippen molar-refractivity contribution in [1.29, 1.82) is 0 Å². The van der Waals surface area contributed by atoms with Crippen molar-refractivity contribution in [2.24, 2.45) is 5.92 Å². The summed E-state index contributed by atoms with van der Waals surface area (Å²) in [7, 11) is 0. The van der Waals surface area contributed by atoms with Crippen LogP contribution in [-0.4, -0.2) is 6.61 Å². The summed E-state index contributed by atoms with van der Waals surface area (Å²) >= 11 is 5.81. The Bertz CT molecular complexity index is 294. The van der Waals surface area contributed by atoms with Gasteiger partial charge in [0.2, 0.25) is 0 Å². The highest BCUT2D eigenvalue weighted by molar-refractivity contribution is 6.17. The summed E-state index contributed by atoms with van der Waals surface area (Å²) in [6, 6.07) is 6.01. The van der Waals surface area contributed by atoms with Crippen molar-refractivity contribution in [3.05, 3.63) is 29.3 Å². The maximum Gasteiger partial charge on any atom is 0.122 e. The van der Waals surface area contributed by atoms with Crippen LogP contribution in [0.2, 0.25) is 0 Å². The second-order valence-electron chi connectivity index (χ2n) is 3.88. The van der Waals surface area contributed by atoms with Gasteiger partial charge in [0.05, 0.1) is 6.61 Å². The van der Waals surface area contributed by atoms with Crippen molar-refractivity contribution in [2.45, 2.75) is 26.7 Å². The van der Waals surface area contributed by atoms with E-state index in [2.05, 4.69) is 13.8 Å². The molecule has 0 aliphatic heterocycles. The average Bonchev–Trinajstić information content (AvgIpc) is 2.16. The van der Waals surface area contributed by atoms with Gasteiger partial charge in [-0.25, -0.2) is 0 Å². The maximum atomic E-state index is 5.81. The highest BCUT2D eigenvalue weighted by atomic mass is 35.5. The first-order chi connectivity index (χ1) is 6.65. The average molecular weight is 213 g/mol. The van der Waals surface area contributed by atoms with Crippen molar-refractivity contribution in [3.63, 3.8) is 0 Å². The first-order valence-electron chi connectivity index (χ1n) is 4.92. The number of benzene rings is 1. The van der Waals surface area contributed by atoms with E-state index >= 15 is 0 Å². The van der Waals surface area contributed by atoms with Crippen LogP contribution >= 0.6 is 11.6 Å². The molecule has 0 spiro atoms. The molecule has 0 radical (unpaired) electrons. The largest absolute Gasteiger partial charge is 0.493 e. The number of ether oxygens (including phenoxy) is 1. The lowest BCUT2D eigenvalue weighted by molar-refractivity contribution is 0.269. The Labute approximate surface area is 91.0 Å². The Hall–Kier alpha value is -0.690. The van der Waals surface area contributed by atoms with Gasteiger partial charge in [-0.05, 0) is 30.0 Å². The van der Waals surface area contributed by atoms with E-state index in [1.54, 1.807) is 0 Å². The molecule has 2 heteroatoms. The van der Waals surface area contributed by atoms with Crippen LogP contribution in [0.3, 0.4) is 0 Å². The van der Waals surface area contributed by atoms with Gasteiger partial charge >= 0.3 is 0 Å². The molecule has 78 valence electrons. The van der Waals surface area contributed by atoms with Crippen LogP contribution in [0.25, 0.3) is 0 Å². The lowest BCUT2D eigenvalue weighted by Gasteiger charge is -2.12. The molecular formula is C12H17ClO. The van der Waals surface area contributed by atoms with Gasteiger partial charge in [-0.15, -0.1) is 11.6 Å². The van der Waals surface area contributed by atoms with E-state index in [-0.39, 0.29) is 0 Å². The topological polar surface area (TPSA) is 9.23 Å². The third-order valence-corrected chi connectivity index (χ3v) is 2.40. The molecule has 0 saturated heterocycles. The standard InChI is InChI=1S/C12H17ClO/c1-9(2)8-14-12-6-4-5-11(7-13)10(12)3/h4-6,9H,7-8H2,1-3H3. The molecule has 0 bridgehead atoms. The van der Waals surface area contributed by atoms with Gasteiger partial charge in [0, 0.05) is 5.88 Å². The van der Waals surface area contributed by atoms with Crippen LogP contribution in [0.4, 0.5) is 0 Å². The Kier molecular flexibility index (Phi) is 4.27. The number of hydrogen-bond acceptors (Lipinski definition) is 1. The second kappa shape index (κ2) is 5.26. The van der Waals surface area contributed by atoms with Crippen molar-refractivity contribution in [3.8, 4) is 5.75 Å². The zero-order valence-electron chi connectivity index (χ0n) is 9.01. The normalized spacial score (nSPS) is 10.6. The highest BCUT2D eigenvalue weighted by Crippen LogP contribution is 2.22. The van der Waals surface area contributed by atoms with Crippen LogP contribution in [0.15, 0.2) is 18.2 Å². The lowest BCUT2D eigenvalue weighted by atomic mass is 10.1. The molecule has 0 unspecified atom stereocenters. The Morgan fingerprint density at radius 3 is 2.64 bits per heavy atom. The number of rotatable bonds is 4. The summed E-state index contributed by atoms with van der Waals surface area (Å²) in [4.78, 5) is 0. The zero-order chi connectivity index (χ0) is 10.6. The quantitative estimate of drug-likeness (QED) is 0.691. The fourth-order valence-electron chi connectivity index (χ4n) is 1.22. The monoisotopic (exact) mass is 212 g/mol. The van der Waals surface area contributed by atoms with E-state index in [4.69, 9.17) is 16.3 Å². The SMILES string of the molecule is Cc1c(CCl)cccc1OCC(C)C. The predicted octanol–water partition coefficient (Wildman–Crippen LogP) is 3.77. The molecular weight excluding hydrogens is 196 g/mol. The molecule has 0 amide bonds. The Morgan fingerprint density at radius 1 is 1.36 bits per heavy atom. The van der Waals surface area contributed by atoms with Gasteiger partial charge in [-0.2, -0.15) is 0 Å². The molecule has 0 atom stereocenters. The van der Waals surface area contributed by atoms with Crippen LogP contribution in [0.5, 0.6) is 5.75 Å². The smallest absolute Gasteiger partial charge is 0.122 e. The third kappa shape index (κ3) is 2.91. The Morgan fingerprint density at radius 2 is 2.07 bits per heavy atom. The molecule has 14 heavy (non-hydrogen) atoms. The summed E-state index contributed by atoms with van der Waals surface area (Å²) < 4.78 is 5.68. The summed E-state index contributed by atoms with van der Waals surface area (Å²) in [5.74, 6) is 2.05. The predicted molar refractivity (Wildman–Crippen MR) is 61.1 cm³/mol. The van der Waals surface area contributed by atoms with Crippen molar-refractivity contribution in [2.75, 3.05) is 6.61 Å². The van der Waals surface area contributed by atoms with Crippen molar-refractivity contribution >= 4 is 11.6 Å². The minimum Gasteiger partial charge on any atom is -0.493 e. The van der Waals surface area contributed by atoms with E-state index in [0.29, 0.717) is 11.8 Å². The van der Waals surface area contributed by atoms with Crippen molar-refractivity contribution < 1.29 is 4.74 Å². The summed E-state index contributed by atoms with van der Waals surface area (Å²) in [5, 5.41) is 0. The fourth-order valence-corrected chi connectivity index (χ4v) is 1.51. The Balaban J connectivity index is 2.76. The van der Waals surface area contributed by atoms with Crippen LogP contribution in [0.1, 0.15) is 25.0 Å². The van der Waals surface area contributed by atoms with Gasteiger partial charge in [0.25, 0.3) is 0 Å². The summed E-state index contributed by atoms with van der Waals surface area (Å²) in [6.45, 7) is 7.08. The third-order valence-electron chi connectivity index (χ3n) is 2.11. The molecule has 0 aromatic heterocycles. The molecule has 0 aliphatic rings. The van der Waals surface area contributed by atoms with E-state index < -0.39 is 0 Å². The molecule has 0 aliphatic carbocycles. The molecule has 1 aromatic rings. The zero-order valence-corrected chi connectivity index (χ0v) is 9.77. The van der Waals surface area contributed by atoms with E-state index in [0.717, 1.165) is 23.5 Å². The van der Waals surface area contributed by atoms with Gasteiger partial charge < -0.3 is 4.74 Å². The molecule has 0 fully saturated rings. The van der Waals surface area contributed by atoms with E-state index in [1.165, 1.54) is 0 Å². The molecule has 0 heterocycles. The summed E-state index contributed by atoms with van der Waals surface area (Å²) in [6.07, 6.45) is 0. The molecule has 1 rings (SSSR count). The van der Waals surface area contributed by atoms with Gasteiger partial charge in [-0.1, -0.05) is 26.0 Å². The van der Waals surface area contributed by atoms with Crippen LogP contribution in [0, 0.1) is 12.8 Å². The number of hydrogen-bond donors (Lipinski definition) is 0. The first-order valence-corrected chi connectivity index (χ1v) is 5.46. The lowest BCUT2D eigenvalue weighted by Crippen LogP contribution is -2.05. The highest BCUT2D eigenvalue weighted by Gasteiger charge is 2.04. The van der Waals surface area contributed by atoms with E-state index in [1.807, 2.05) is 25.1 Å².